The summed E-state index contributed by atoms with van der Waals surface area (Å²) in [6, 6.07) is 7.09. The molecule has 0 amide bonds. The third-order valence-corrected chi connectivity index (χ3v) is 5.40. The summed E-state index contributed by atoms with van der Waals surface area (Å²) in [6.07, 6.45) is 0. The molecule has 1 aromatic carbocycles. The van der Waals surface area contributed by atoms with Crippen LogP contribution in [0.3, 0.4) is 0 Å². The SMILES string of the molecule is Cc1ccc(S(=O)(=O)C2=NCCO2)cc1-c1ccsc1. The first-order valence-corrected chi connectivity index (χ1v) is 8.57. The van der Waals surface area contributed by atoms with Crippen LogP contribution in [0.1, 0.15) is 5.56 Å². The highest BCUT2D eigenvalue weighted by Crippen LogP contribution is 2.29. The highest BCUT2D eigenvalue weighted by Gasteiger charge is 2.27. The summed E-state index contributed by atoms with van der Waals surface area (Å²) in [4.78, 5) is 4.13. The molecule has 1 aromatic heterocycles. The molecule has 3 rings (SSSR count). The van der Waals surface area contributed by atoms with Crippen LogP contribution in [0.2, 0.25) is 0 Å². The van der Waals surface area contributed by atoms with Gasteiger partial charge in [0.25, 0.3) is 9.84 Å². The third kappa shape index (κ3) is 2.25. The quantitative estimate of drug-likeness (QED) is 0.857. The van der Waals surface area contributed by atoms with Crippen molar-refractivity contribution >= 4 is 26.4 Å². The number of aryl methyl sites for hydroxylation is 1. The summed E-state index contributed by atoms with van der Waals surface area (Å²) in [5, 5.41) is 3.81. The highest BCUT2D eigenvalue weighted by atomic mass is 32.2. The predicted octanol–water partition coefficient (Wildman–Crippen LogP) is 2.88. The van der Waals surface area contributed by atoms with Gasteiger partial charge in [-0.15, -0.1) is 0 Å². The lowest BCUT2D eigenvalue weighted by Gasteiger charge is -2.08. The second kappa shape index (κ2) is 5.03. The molecule has 6 heteroatoms. The van der Waals surface area contributed by atoms with Gasteiger partial charge >= 0.3 is 5.23 Å². The van der Waals surface area contributed by atoms with Gasteiger partial charge in [0.1, 0.15) is 6.61 Å². The van der Waals surface area contributed by atoms with Crippen LogP contribution < -0.4 is 0 Å². The van der Waals surface area contributed by atoms with Gasteiger partial charge in [-0.3, -0.25) is 0 Å². The average Bonchev–Trinajstić information content (AvgIpc) is 3.12. The van der Waals surface area contributed by atoms with E-state index >= 15 is 0 Å². The Morgan fingerprint density at radius 2 is 2.15 bits per heavy atom. The first kappa shape index (κ1) is 13.3. The molecular formula is C14H13NO3S2. The lowest BCUT2D eigenvalue weighted by Crippen LogP contribution is -2.15. The fourth-order valence-corrected chi connectivity index (χ4v) is 3.95. The lowest BCUT2D eigenvalue weighted by molar-refractivity contribution is 0.353. The zero-order valence-electron chi connectivity index (χ0n) is 10.9. The van der Waals surface area contributed by atoms with Gasteiger partial charge in [0.15, 0.2) is 0 Å². The van der Waals surface area contributed by atoms with Crippen LogP contribution in [-0.2, 0) is 14.6 Å². The summed E-state index contributed by atoms with van der Waals surface area (Å²) in [5.74, 6) is 0. The Morgan fingerprint density at radius 3 is 2.80 bits per heavy atom. The number of aliphatic imine (C=N–C) groups is 1. The molecule has 2 aromatic rings. The van der Waals surface area contributed by atoms with Crippen molar-refractivity contribution in [3.05, 3.63) is 40.6 Å². The maximum atomic E-state index is 12.4. The predicted molar refractivity (Wildman–Crippen MR) is 79.9 cm³/mol. The molecule has 1 aliphatic heterocycles. The van der Waals surface area contributed by atoms with Crippen molar-refractivity contribution in [3.8, 4) is 11.1 Å². The second-order valence-electron chi connectivity index (χ2n) is 4.49. The van der Waals surface area contributed by atoms with Crippen molar-refractivity contribution in [1.82, 2.24) is 0 Å². The number of hydrogen-bond donors (Lipinski definition) is 0. The van der Waals surface area contributed by atoms with Crippen LogP contribution in [0.5, 0.6) is 0 Å². The zero-order chi connectivity index (χ0) is 14.2. The number of rotatable bonds is 2. The molecule has 0 atom stereocenters. The van der Waals surface area contributed by atoms with E-state index in [0.29, 0.717) is 13.2 Å². The molecule has 20 heavy (non-hydrogen) atoms. The summed E-state index contributed by atoms with van der Waals surface area (Å²) in [7, 11) is -3.64. The Kier molecular flexibility index (Phi) is 3.35. The number of thiophene rings is 1. The van der Waals surface area contributed by atoms with Crippen molar-refractivity contribution < 1.29 is 13.2 Å². The number of ether oxygens (including phenoxy) is 1. The van der Waals surface area contributed by atoms with Crippen molar-refractivity contribution in [2.45, 2.75) is 11.8 Å². The maximum absolute atomic E-state index is 12.4. The molecule has 0 unspecified atom stereocenters. The Morgan fingerprint density at radius 1 is 1.30 bits per heavy atom. The molecule has 0 N–H and O–H groups in total. The minimum absolute atomic E-state index is 0.169. The zero-order valence-corrected chi connectivity index (χ0v) is 12.5. The topological polar surface area (TPSA) is 55.7 Å². The van der Waals surface area contributed by atoms with Crippen molar-refractivity contribution in [2.75, 3.05) is 13.2 Å². The Bertz CT molecular complexity index is 762. The lowest BCUT2D eigenvalue weighted by atomic mass is 10.0. The van der Waals surface area contributed by atoms with Crippen LogP contribution in [-0.4, -0.2) is 26.8 Å². The third-order valence-electron chi connectivity index (χ3n) is 3.14. The van der Waals surface area contributed by atoms with E-state index in [9.17, 15) is 8.42 Å². The smallest absolute Gasteiger partial charge is 0.310 e. The van der Waals surface area contributed by atoms with Gasteiger partial charge in [0.05, 0.1) is 11.4 Å². The van der Waals surface area contributed by atoms with E-state index in [4.69, 9.17) is 4.74 Å². The maximum Gasteiger partial charge on any atom is 0.310 e. The van der Waals surface area contributed by atoms with Crippen molar-refractivity contribution in [1.29, 1.82) is 0 Å². The molecule has 0 fully saturated rings. The number of sulfone groups is 1. The minimum Gasteiger partial charge on any atom is -0.467 e. The van der Waals surface area contributed by atoms with Gasteiger partial charge in [0, 0.05) is 0 Å². The largest absolute Gasteiger partial charge is 0.467 e. The van der Waals surface area contributed by atoms with E-state index in [2.05, 4.69) is 4.99 Å². The molecule has 0 radical (unpaired) electrons. The fourth-order valence-electron chi connectivity index (χ4n) is 2.08. The molecule has 1 aliphatic rings. The molecule has 104 valence electrons. The molecule has 4 nitrogen and oxygen atoms in total. The molecule has 0 aliphatic carbocycles. The average molecular weight is 307 g/mol. The van der Waals surface area contributed by atoms with E-state index in [1.165, 1.54) is 0 Å². The Labute approximate surface area is 121 Å². The summed E-state index contributed by atoms with van der Waals surface area (Å²) >= 11 is 1.58. The normalized spacial score (nSPS) is 14.9. The molecule has 0 saturated carbocycles. The van der Waals surface area contributed by atoms with Gasteiger partial charge in [-0.25, -0.2) is 13.4 Å². The highest BCUT2D eigenvalue weighted by molar-refractivity contribution is 8.06. The van der Waals surface area contributed by atoms with Gasteiger partial charge in [0.2, 0.25) is 0 Å². The molecular weight excluding hydrogens is 294 g/mol. The summed E-state index contributed by atoms with van der Waals surface area (Å²) in [6.45, 7) is 2.70. The van der Waals surface area contributed by atoms with E-state index in [1.807, 2.05) is 29.8 Å². The van der Waals surface area contributed by atoms with Crippen LogP contribution in [0, 0.1) is 6.92 Å². The number of hydrogen-bond acceptors (Lipinski definition) is 5. The first-order valence-electron chi connectivity index (χ1n) is 6.14. The van der Waals surface area contributed by atoms with Gasteiger partial charge in [-0.1, -0.05) is 6.07 Å². The van der Waals surface area contributed by atoms with Crippen LogP contribution in [0.25, 0.3) is 11.1 Å². The van der Waals surface area contributed by atoms with Crippen LogP contribution >= 0.6 is 11.3 Å². The van der Waals surface area contributed by atoms with Crippen LogP contribution in [0.15, 0.2) is 44.9 Å². The van der Waals surface area contributed by atoms with Gasteiger partial charge in [-0.05, 0) is 52.6 Å². The van der Waals surface area contributed by atoms with E-state index in [-0.39, 0.29) is 10.1 Å². The number of benzene rings is 1. The van der Waals surface area contributed by atoms with Crippen LogP contribution in [0.4, 0.5) is 0 Å². The molecule has 0 spiro atoms. The molecule has 0 saturated heterocycles. The monoisotopic (exact) mass is 307 g/mol. The fraction of sp³-hybridized carbons (Fsp3) is 0.214. The summed E-state index contributed by atoms with van der Waals surface area (Å²) in [5.41, 5.74) is 2.99. The van der Waals surface area contributed by atoms with Gasteiger partial charge < -0.3 is 4.74 Å². The van der Waals surface area contributed by atoms with Crippen molar-refractivity contribution in [3.63, 3.8) is 0 Å². The Hall–Kier alpha value is -1.66. The van der Waals surface area contributed by atoms with E-state index in [0.717, 1.165) is 16.7 Å². The minimum atomic E-state index is -3.64. The van der Waals surface area contributed by atoms with E-state index < -0.39 is 9.84 Å². The molecule has 0 bridgehead atoms. The second-order valence-corrected chi connectivity index (χ2v) is 7.10. The van der Waals surface area contributed by atoms with Gasteiger partial charge in [-0.2, -0.15) is 11.3 Å². The van der Waals surface area contributed by atoms with E-state index in [1.54, 1.807) is 23.5 Å². The Balaban J connectivity index is 2.10. The first-order chi connectivity index (χ1) is 9.59. The summed E-state index contributed by atoms with van der Waals surface area (Å²) < 4.78 is 29.9. The standard InChI is InChI=1S/C14H13NO3S2/c1-10-2-3-12(8-13(10)11-4-7-19-9-11)20(16,17)14-15-5-6-18-14/h2-4,7-9H,5-6H2,1H3. The number of nitrogens with zero attached hydrogens (tertiary/aromatic N) is 1. The van der Waals surface area contributed by atoms with Crippen molar-refractivity contribution in [2.24, 2.45) is 4.99 Å². The molecule has 2 heterocycles.